The Morgan fingerprint density at radius 2 is 1.94 bits per heavy atom. The lowest BCUT2D eigenvalue weighted by atomic mass is 9.82. The molecule has 162 valence electrons. The van der Waals surface area contributed by atoms with Gasteiger partial charge in [0.15, 0.2) is 11.3 Å². The van der Waals surface area contributed by atoms with Crippen LogP contribution in [0.4, 0.5) is 0 Å². The van der Waals surface area contributed by atoms with Gasteiger partial charge in [-0.1, -0.05) is 24.6 Å². The third-order valence-electron chi connectivity index (χ3n) is 6.46. The normalized spacial score (nSPS) is 17.5. The molecule has 2 aliphatic rings. The van der Waals surface area contributed by atoms with Crippen LogP contribution in [0.25, 0.3) is 16.7 Å². The summed E-state index contributed by atoms with van der Waals surface area (Å²) in [5.41, 5.74) is 2.36. The predicted molar refractivity (Wildman–Crippen MR) is 116 cm³/mol. The lowest BCUT2D eigenvalue weighted by Gasteiger charge is -2.24. The van der Waals surface area contributed by atoms with E-state index in [0.717, 1.165) is 62.1 Å². The number of hydrogen-bond donors (Lipinski definition) is 1. The van der Waals surface area contributed by atoms with E-state index in [2.05, 4.69) is 4.98 Å². The number of aromatic nitrogens is 3. The van der Waals surface area contributed by atoms with Crippen molar-refractivity contribution >= 4 is 17.0 Å². The van der Waals surface area contributed by atoms with E-state index in [1.54, 1.807) is 10.7 Å². The third kappa shape index (κ3) is 4.02. The Kier molecular flexibility index (Phi) is 5.59. The summed E-state index contributed by atoms with van der Waals surface area (Å²) in [4.78, 5) is 16.3. The minimum absolute atomic E-state index is 0.0224. The van der Waals surface area contributed by atoms with Gasteiger partial charge in [0.1, 0.15) is 5.75 Å². The van der Waals surface area contributed by atoms with Crippen LogP contribution < -0.4 is 4.74 Å². The highest BCUT2D eigenvalue weighted by molar-refractivity contribution is 5.94. The molecule has 7 heteroatoms. The van der Waals surface area contributed by atoms with Crippen LogP contribution in [0, 0.1) is 5.92 Å². The minimum Gasteiger partial charge on any atom is -0.493 e. The first-order chi connectivity index (χ1) is 15.2. The molecule has 1 N–H and O–H groups in total. The van der Waals surface area contributed by atoms with Crippen LogP contribution >= 0.6 is 0 Å². The molecule has 0 radical (unpaired) electrons. The standard InChI is InChI=1S/C24H27N3O4/c28-24(29)19-15-20(31-14-11-16-9-12-30-13-10-16)21-22(17-5-4-6-17)26-27(23(21)25-19)18-7-2-1-3-8-18/h1-3,7-8,15-17H,4-6,9-14H2,(H,28,29). The van der Waals surface area contributed by atoms with Crippen LogP contribution in [0.1, 0.15) is 60.6 Å². The molecule has 1 saturated carbocycles. The van der Waals surface area contributed by atoms with Gasteiger partial charge in [-0.05, 0) is 50.2 Å². The van der Waals surface area contributed by atoms with Crippen molar-refractivity contribution in [1.29, 1.82) is 0 Å². The van der Waals surface area contributed by atoms with Crippen molar-refractivity contribution in [2.75, 3.05) is 19.8 Å². The van der Waals surface area contributed by atoms with Crippen molar-refractivity contribution < 1.29 is 19.4 Å². The van der Waals surface area contributed by atoms with Crippen LogP contribution in [-0.2, 0) is 4.74 Å². The first kappa shape index (κ1) is 20.0. The largest absolute Gasteiger partial charge is 0.493 e. The van der Waals surface area contributed by atoms with Crippen molar-refractivity contribution in [1.82, 2.24) is 14.8 Å². The summed E-state index contributed by atoms with van der Waals surface area (Å²) in [5.74, 6) is 0.465. The number of pyridine rings is 1. The van der Waals surface area contributed by atoms with Gasteiger partial charge in [0.25, 0.3) is 0 Å². The number of benzene rings is 1. The Hall–Kier alpha value is -2.93. The third-order valence-corrected chi connectivity index (χ3v) is 6.46. The van der Waals surface area contributed by atoms with Gasteiger partial charge in [-0.3, -0.25) is 0 Å². The van der Waals surface area contributed by atoms with Gasteiger partial charge < -0.3 is 14.6 Å². The zero-order valence-electron chi connectivity index (χ0n) is 17.5. The highest BCUT2D eigenvalue weighted by Gasteiger charge is 2.29. The summed E-state index contributed by atoms with van der Waals surface area (Å²) in [5, 5.41) is 15.4. The van der Waals surface area contributed by atoms with Gasteiger partial charge in [-0.15, -0.1) is 0 Å². The van der Waals surface area contributed by atoms with Gasteiger partial charge in [-0.2, -0.15) is 5.10 Å². The van der Waals surface area contributed by atoms with E-state index in [1.165, 1.54) is 6.42 Å². The molecule has 3 heterocycles. The molecule has 0 atom stereocenters. The van der Waals surface area contributed by atoms with Crippen molar-refractivity contribution in [3.05, 3.63) is 47.8 Å². The number of carboxylic acid groups (broad SMARTS) is 1. The van der Waals surface area contributed by atoms with Crippen molar-refractivity contribution in [3.63, 3.8) is 0 Å². The van der Waals surface area contributed by atoms with Gasteiger partial charge >= 0.3 is 5.97 Å². The second kappa shape index (κ2) is 8.67. The summed E-state index contributed by atoms with van der Waals surface area (Å²) >= 11 is 0. The Labute approximate surface area is 181 Å². The molecule has 0 amide bonds. The maximum Gasteiger partial charge on any atom is 0.354 e. The first-order valence-electron chi connectivity index (χ1n) is 11.1. The number of nitrogens with zero attached hydrogens (tertiary/aromatic N) is 3. The fourth-order valence-corrected chi connectivity index (χ4v) is 4.42. The average molecular weight is 421 g/mol. The zero-order chi connectivity index (χ0) is 21.2. The quantitative estimate of drug-likeness (QED) is 0.601. The summed E-state index contributed by atoms with van der Waals surface area (Å²) in [6.07, 6.45) is 6.39. The van der Waals surface area contributed by atoms with E-state index >= 15 is 0 Å². The second-order valence-corrected chi connectivity index (χ2v) is 8.46. The lowest BCUT2D eigenvalue weighted by molar-refractivity contribution is 0.0593. The van der Waals surface area contributed by atoms with Crippen LogP contribution in [-0.4, -0.2) is 45.7 Å². The zero-order valence-corrected chi connectivity index (χ0v) is 17.5. The average Bonchev–Trinajstić information content (AvgIpc) is 3.13. The highest BCUT2D eigenvalue weighted by Crippen LogP contribution is 2.42. The lowest BCUT2D eigenvalue weighted by Crippen LogP contribution is -2.18. The molecule has 31 heavy (non-hydrogen) atoms. The first-order valence-corrected chi connectivity index (χ1v) is 11.1. The molecule has 1 aliphatic heterocycles. The fourth-order valence-electron chi connectivity index (χ4n) is 4.42. The molecule has 1 aliphatic carbocycles. The smallest absolute Gasteiger partial charge is 0.354 e. The van der Waals surface area contributed by atoms with Crippen LogP contribution in [0.3, 0.4) is 0 Å². The van der Waals surface area contributed by atoms with E-state index in [-0.39, 0.29) is 5.69 Å². The summed E-state index contributed by atoms with van der Waals surface area (Å²) in [7, 11) is 0. The number of ether oxygens (including phenoxy) is 2. The molecule has 1 aromatic carbocycles. The molecule has 0 spiro atoms. The molecule has 0 unspecified atom stereocenters. The number of carboxylic acids is 1. The monoisotopic (exact) mass is 421 g/mol. The van der Waals surface area contributed by atoms with Gasteiger partial charge in [0, 0.05) is 25.2 Å². The molecule has 3 aromatic rings. The number of rotatable bonds is 7. The molecule has 7 nitrogen and oxygen atoms in total. The van der Waals surface area contributed by atoms with Crippen molar-refractivity contribution in [3.8, 4) is 11.4 Å². The SMILES string of the molecule is O=C(O)c1cc(OCCC2CCOCC2)c2c(C3CCC3)nn(-c3ccccc3)c2n1. The Morgan fingerprint density at radius 1 is 1.16 bits per heavy atom. The van der Waals surface area contributed by atoms with E-state index in [9.17, 15) is 9.90 Å². The Morgan fingerprint density at radius 3 is 2.61 bits per heavy atom. The topological polar surface area (TPSA) is 86.5 Å². The number of fused-ring (bicyclic) bond motifs is 1. The number of carbonyl (C=O) groups is 1. The van der Waals surface area contributed by atoms with Crippen LogP contribution in [0.15, 0.2) is 36.4 Å². The number of hydrogen-bond acceptors (Lipinski definition) is 5. The second-order valence-electron chi connectivity index (χ2n) is 8.46. The van der Waals surface area contributed by atoms with E-state index < -0.39 is 5.97 Å². The van der Waals surface area contributed by atoms with Gasteiger partial charge in [0.05, 0.1) is 23.4 Å². The van der Waals surface area contributed by atoms with Crippen LogP contribution in [0.2, 0.25) is 0 Å². The Bertz CT molecular complexity index is 1070. The molecule has 1 saturated heterocycles. The van der Waals surface area contributed by atoms with Gasteiger partial charge in [0.2, 0.25) is 0 Å². The molecule has 0 bridgehead atoms. The van der Waals surface area contributed by atoms with Crippen molar-refractivity contribution in [2.24, 2.45) is 5.92 Å². The maximum atomic E-state index is 11.8. The maximum absolute atomic E-state index is 11.8. The summed E-state index contributed by atoms with van der Waals surface area (Å²) < 4.78 is 13.4. The molecule has 5 rings (SSSR count). The van der Waals surface area contributed by atoms with E-state index in [4.69, 9.17) is 14.6 Å². The van der Waals surface area contributed by atoms with E-state index in [0.29, 0.717) is 29.8 Å². The molecular formula is C24H27N3O4. The molecule has 2 aromatic heterocycles. The summed E-state index contributed by atoms with van der Waals surface area (Å²) in [6.45, 7) is 2.16. The highest BCUT2D eigenvalue weighted by atomic mass is 16.5. The number of aromatic carboxylic acids is 1. The van der Waals surface area contributed by atoms with Gasteiger partial charge in [-0.25, -0.2) is 14.5 Å². The van der Waals surface area contributed by atoms with Crippen LogP contribution in [0.5, 0.6) is 5.75 Å². The fraction of sp³-hybridized carbons (Fsp3) is 0.458. The summed E-state index contributed by atoms with van der Waals surface area (Å²) in [6, 6.07) is 11.3. The molecule has 2 fully saturated rings. The molecular weight excluding hydrogens is 394 g/mol. The minimum atomic E-state index is -1.07. The van der Waals surface area contributed by atoms with Crippen molar-refractivity contribution in [2.45, 2.75) is 44.4 Å². The number of para-hydroxylation sites is 1. The Balaban J connectivity index is 1.55. The van der Waals surface area contributed by atoms with E-state index in [1.807, 2.05) is 30.3 Å². The predicted octanol–water partition coefficient (Wildman–Crippen LogP) is 4.58.